The molecule has 2 aromatic rings. The van der Waals surface area contributed by atoms with Gasteiger partial charge in [-0.15, -0.1) is 11.3 Å². The van der Waals surface area contributed by atoms with E-state index in [-0.39, 0.29) is 15.2 Å². The molecule has 1 heterocycles. The van der Waals surface area contributed by atoms with Gasteiger partial charge in [0.15, 0.2) is 0 Å². The Bertz CT molecular complexity index is 885. The quantitative estimate of drug-likeness (QED) is 0.811. The highest BCUT2D eigenvalue weighted by Crippen LogP contribution is 2.30. The first-order chi connectivity index (χ1) is 10.8. The van der Waals surface area contributed by atoms with Crippen LogP contribution in [0.3, 0.4) is 0 Å². The molecule has 1 N–H and O–H groups in total. The summed E-state index contributed by atoms with van der Waals surface area (Å²) in [6.07, 6.45) is -6.03. The highest BCUT2D eigenvalue weighted by Gasteiger charge is 2.46. The lowest BCUT2D eigenvalue weighted by Gasteiger charge is -2.10. The number of carbonyl (C=O) groups excluding carboxylic acids is 1. The summed E-state index contributed by atoms with van der Waals surface area (Å²) in [4.78, 5) is 14.7. The van der Waals surface area contributed by atoms with Crippen molar-refractivity contribution in [3.05, 3.63) is 23.2 Å². The zero-order chi connectivity index (χ0) is 18.3. The number of rotatable bonds is 4. The summed E-state index contributed by atoms with van der Waals surface area (Å²) in [5.74, 6) is -2.01. The van der Waals surface area contributed by atoms with E-state index in [2.05, 4.69) is 4.98 Å². The maximum atomic E-state index is 12.3. The van der Waals surface area contributed by atoms with Gasteiger partial charge < -0.3 is 0 Å². The fourth-order valence-corrected chi connectivity index (χ4v) is 3.12. The molecule has 0 aliphatic carbocycles. The van der Waals surface area contributed by atoms with Crippen molar-refractivity contribution in [3.8, 4) is 0 Å². The maximum Gasteiger partial charge on any atom is 0.516 e. The number of thiazole rings is 1. The number of Topliss-reactive ketones (excluding diaryl/α,β-unsaturated/α-hetero) is 1. The van der Waals surface area contributed by atoms with Crippen LogP contribution < -0.4 is 4.72 Å². The number of hydrogen-bond acceptors (Lipinski definition) is 5. The summed E-state index contributed by atoms with van der Waals surface area (Å²) in [7, 11) is -5.62. The fraction of sp³-hybridized carbons (Fsp3) is 0.273. The minimum atomic E-state index is -5.62. The lowest BCUT2D eigenvalue weighted by Crippen LogP contribution is -2.29. The number of sulfonamides is 1. The van der Waals surface area contributed by atoms with E-state index in [9.17, 15) is 39.6 Å². The molecule has 0 aliphatic rings. The molecule has 24 heavy (non-hydrogen) atoms. The highest BCUT2D eigenvalue weighted by atomic mass is 32.2. The van der Waals surface area contributed by atoms with Gasteiger partial charge in [0.2, 0.25) is 5.78 Å². The van der Waals surface area contributed by atoms with Crippen LogP contribution in [0.1, 0.15) is 5.01 Å². The van der Waals surface area contributed by atoms with E-state index in [4.69, 9.17) is 0 Å². The van der Waals surface area contributed by atoms with Gasteiger partial charge in [-0.1, -0.05) is 0 Å². The van der Waals surface area contributed by atoms with Crippen molar-refractivity contribution in [1.29, 1.82) is 0 Å². The first-order valence-corrected chi connectivity index (χ1v) is 8.18. The second kappa shape index (κ2) is 5.88. The van der Waals surface area contributed by atoms with Crippen molar-refractivity contribution in [2.24, 2.45) is 0 Å². The van der Waals surface area contributed by atoms with Crippen LogP contribution in [0, 0.1) is 0 Å². The molecule has 0 atom stereocenters. The average molecular weight is 392 g/mol. The molecule has 0 aliphatic heterocycles. The first kappa shape index (κ1) is 18.4. The Balaban J connectivity index is 2.28. The van der Waals surface area contributed by atoms with Crippen molar-refractivity contribution >= 4 is 43.0 Å². The number of aromatic nitrogens is 1. The van der Waals surface area contributed by atoms with Gasteiger partial charge in [0.25, 0.3) is 0 Å². The average Bonchev–Trinajstić information content (AvgIpc) is 2.77. The van der Waals surface area contributed by atoms with Crippen LogP contribution in [0.4, 0.5) is 32.0 Å². The van der Waals surface area contributed by atoms with Crippen LogP contribution in [-0.4, -0.2) is 30.9 Å². The summed E-state index contributed by atoms with van der Waals surface area (Å²) in [5.41, 5.74) is -5.82. The number of hydrogen-bond donors (Lipinski definition) is 1. The van der Waals surface area contributed by atoms with Crippen molar-refractivity contribution in [1.82, 2.24) is 4.98 Å². The van der Waals surface area contributed by atoms with Gasteiger partial charge in [0, 0.05) is 0 Å². The molecule has 0 unspecified atom stereocenters. The lowest BCUT2D eigenvalue weighted by atomic mass is 10.3. The molecule has 1 aromatic carbocycles. The number of carbonyl (C=O) groups is 1. The van der Waals surface area contributed by atoms with Gasteiger partial charge in [-0.05, 0) is 18.2 Å². The largest absolute Gasteiger partial charge is 0.516 e. The fourth-order valence-electron chi connectivity index (χ4n) is 1.56. The predicted molar refractivity (Wildman–Crippen MR) is 73.0 cm³/mol. The van der Waals surface area contributed by atoms with Crippen molar-refractivity contribution in [2.45, 2.75) is 18.1 Å². The van der Waals surface area contributed by atoms with Crippen LogP contribution >= 0.6 is 11.3 Å². The molecule has 0 amide bonds. The summed E-state index contributed by atoms with van der Waals surface area (Å²) in [6.45, 7) is 0. The Morgan fingerprint density at radius 1 is 1.17 bits per heavy atom. The van der Waals surface area contributed by atoms with Crippen LogP contribution in [0.2, 0.25) is 0 Å². The number of nitrogens with one attached hydrogen (secondary N) is 1. The Labute approximate surface area is 134 Å². The van der Waals surface area contributed by atoms with Gasteiger partial charge >= 0.3 is 21.7 Å². The van der Waals surface area contributed by atoms with E-state index in [1.165, 1.54) is 4.72 Å². The van der Waals surface area contributed by atoms with Crippen LogP contribution in [0.15, 0.2) is 18.2 Å². The van der Waals surface area contributed by atoms with Gasteiger partial charge in [-0.25, -0.2) is 4.98 Å². The number of benzene rings is 1. The van der Waals surface area contributed by atoms with Gasteiger partial charge in [-0.2, -0.15) is 34.8 Å². The van der Waals surface area contributed by atoms with E-state index in [0.29, 0.717) is 11.3 Å². The van der Waals surface area contributed by atoms with Gasteiger partial charge in [0.05, 0.1) is 22.3 Å². The van der Waals surface area contributed by atoms with Crippen LogP contribution in [0.25, 0.3) is 10.2 Å². The number of halogens is 6. The van der Waals surface area contributed by atoms with Gasteiger partial charge in [-0.3, -0.25) is 9.52 Å². The van der Waals surface area contributed by atoms with Gasteiger partial charge in [0.1, 0.15) is 5.01 Å². The minimum Gasteiger partial charge on any atom is -0.289 e. The van der Waals surface area contributed by atoms with E-state index < -0.39 is 39.6 Å². The maximum absolute atomic E-state index is 12.3. The lowest BCUT2D eigenvalue weighted by molar-refractivity contribution is -0.170. The monoisotopic (exact) mass is 392 g/mol. The number of fused-ring (bicyclic) bond motifs is 1. The molecule has 0 fully saturated rings. The third-order valence-corrected chi connectivity index (χ3v) is 4.75. The van der Waals surface area contributed by atoms with Crippen LogP contribution in [-0.2, 0) is 21.2 Å². The smallest absolute Gasteiger partial charge is 0.289 e. The van der Waals surface area contributed by atoms with E-state index in [1.807, 2.05) is 0 Å². The van der Waals surface area contributed by atoms with E-state index in [1.54, 1.807) is 0 Å². The highest BCUT2D eigenvalue weighted by molar-refractivity contribution is 7.93. The molecule has 0 bridgehead atoms. The number of nitrogens with zero attached hydrogens (tertiary/aromatic N) is 1. The number of ketones is 1. The summed E-state index contributed by atoms with van der Waals surface area (Å²) < 4.78 is 96.9. The Kier molecular flexibility index (Phi) is 4.52. The molecule has 13 heteroatoms. The van der Waals surface area contributed by atoms with Crippen molar-refractivity contribution in [2.75, 3.05) is 4.72 Å². The SMILES string of the molecule is O=C(Cc1nc2ccc(NS(=O)(=O)C(F)(F)F)cc2s1)C(F)(F)F. The zero-order valence-electron chi connectivity index (χ0n) is 11.2. The summed E-state index contributed by atoms with van der Waals surface area (Å²) in [6, 6.07) is 3.08. The van der Waals surface area contributed by atoms with Crippen molar-refractivity contribution in [3.63, 3.8) is 0 Å². The number of alkyl halides is 6. The molecule has 2 rings (SSSR count). The third kappa shape index (κ3) is 3.95. The Morgan fingerprint density at radius 2 is 1.79 bits per heavy atom. The Morgan fingerprint density at radius 3 is 2.33 bits per heavy atom. The predicted octanol–water partition coefficient (Wildman–Crippen LogP) is 3.23. The summed E-state index contributed by atoms with van der Waals surface area (Å²) >= 11 is 0.641. The normalized spacial score (nSPS) is 13.2. The Hall–Kier alpha value is -1.89. The molecule has 0 radical (unpaired) electrons. The van der Waals surface area contributed by atoms with E-state index >= 15 is 0 Å². The standard InChI is InChI=1S/C11H6F6N2O3S2/c12-10(13,14)8(20)4-9-18-6-2-1-5(3-7(6)23-9)19-24(21,22)11(15,16)17/h1-3,19H,4H2. The van der Waals surface area contributed by atoms with Crippen molar-refractivity contribution < 1.29 is 39.6 Å². The molecule has 0 spiro atoms. The third-order valence-electron chi connectivity index (χ3n) is 2.62. The molecule has 5 nitrogen and oxygen atoms in total. The molecule has 1 aromatic heterocycles. The molecule has 0 saturated carbocycles. The minimum absolute atomic E-state index is 0.125. The molecular weight excluding hydrogens is 386 g/mol. The van der Waals surface area contributed by atoms with Crippen LogP contribution in [0.5, 0.6) is 0 Å². The van der Waals surface area contributed by atoms with E-state index in [0.717, 1.165) is 18.2 Å². The zero-order valence-corrected chi connectivity index (χ0v) is 12.8. The molecule has 0 saturated heterocycles. The second-order valence-electron chi connectivity index (χ2n) is 4.44. The second-order valence-corrected chi connectivity index (χ2v) is 7.23. The first-order valence-electron chi connectivity index (χ1n) is 5.88. The topological polar surface area (TPSA) is 76.1 Å². The summed E-state index contributed by atoms with van der Waals surface area (Å²) in [5, 5.41) is -0.192. The molecular formula is C11H6F6N2O3S2. The molecule has 132 valence electrons. The number of anilines is 1.